The number of nitrogens with one attached hydrogen (secondary N) is 1. The first-order valence-corrected chi connectivity index (χ1v) is 8.75. The molecule has 0 aliphatic carbocycles. The van der Waals surface area contributed by atoms with Crippen LogP contribution in [0, 0.1) is 5.82 Å². The Bertz CT molecular complexity index is 963. The number of aromatic amines is 1. The average Bonchev–Trinajstić information content (AvgIpc) is 2.66. The number of nitrogens with two attached hydrogens (primary N) is 1. The van der Waals surface area contributed by atoms with Gasteiger partial charge < -0.3 is 10.5 Å². The molecule has 1 heterocycles. The molecule has 1 aromatic carbocycles. The Morgan fingerprint density at radius 2 is 2.00 bits per heavy atom. The molecule has 1 amide bonds. The summed E-state index contributed by atoms with van der Waals surface area (Å²) in [5.74, 6) is -1.00. The standard InChI is InChI=1S/C19H23FN4O4/c1-3-10-24-17(21)16(18(26)22-19(24)27)23(11-12-28-2)15(25)9-6-13-4-7-14(20)8-5-13/h4-9H,3,10-12,21H2,1-2H3,(H,22,26,27)/b9-6+. The predicted molar refractivity (Wildman–Crippen MR) is 106 cm³/mol. The van der Waals surface area contributed by atoms with Crippen molar-refractivity contribution in [3.63, 3.8) is 0 Å². The van der Waals surface area contributed by atoms with Crippen LogP contribution >= 0.6 is 0 Å². The van der Waals surface area contributed by atoms with E-state index in [-0.39, 0.29) is 30.5 Å². The molecule has 0 radical (unpaired) electrons. The van der Waals surface area contributed by atoms with Crippen LogP contribution in [0.5, 0.6) is 0 Å². The van der Waals surface area contributed by atoms with Crippen molar-refractivity contribution >= 4 is 23.5 Å². The maximum atomic E-state index is 13.0. The van der Waals surface area contributed by atoms with E-state index in [1.54, 1.807) is 0 Å². The highest BCUT2D eigenvalue weighted by atomic mass is 19.1. The molecule has 3 N–H and O–H groups in total. The lowest BCUT2D eigenvalue weighted by molar-refractivity contribution is -0.114. The summed E-state index contributed by atoms with van der Waals surface area (Å²) in [6.45, 7) is 2.37. The van der Waals surface area contributed by atoms with E-state index in [4.69, 9.17) is 10.5 Å². The molecule has 8 nitrogen and oxygen atoms in total. The maximum Gasteiger partial charge on any atom is 0.330 e. The summed E-state index contributed by atoms with van der Waals surface area (Å²) in [5.41, 5.74) is 5.16. The van der Waals surface area contributed by atoms with Gasteiger partial charge in [0.25, 0.3) is 11.5 Å². The van der Waals surface area contributed by atoms with Crippen LogP contribution in [-0.4, -0.2) is 35.7 Å². The number of methoxy groups -OCH3 is 1. The molecule has 0 spiro atoms. The van der Waals surface area contributed by atoms with Gasteiger partial charge in [0.05, 0.1) is 6.61 Å². The van der Waals surface area contributed by atoms with Gasteiger partial charge in [0.2, 0.25) is 0 Å². The zero-order valence-electron chi connectivity index (χ0n) is 15.8. The Labute approximate surface area is 161 Å². The van der Waals surface area contributed by atoms with Crippen LogP contribution in [0.15, 0.2) is 39.9 Å². The van der Waals surface area contributed by atoms with E-state index in [2.05, 4.69) is 4.98 Å². The normalized spacial score (nSPS) is 11.1. The minimum atomic E-state index is -0.755. The second-order valence-electron chi connectivity index (χ2n) is 6.01. The number of nitrogen functional groups attached to an aromatic ring is 1. The molecule has 28 heavy (non-hydrogen) atoms. The Hall–Kier alpha value is -3.20. The monoisotopic (exact) mass is 390 g/mol. The summed E-state index contributed by atoms with van der Waals surface area (Å²) in [5, 5.41) is 0. The van der Waals surface area contributed by atoms with Crippen molar-refractivity contribution in [1.29, 1.82) is 0 Å². The van der Waals surface area contributed by atoms with Crippen molar-refractivity contribution in [1.82, 2.24) is 9.55 Å². The van der Waals surface area contributed by atoms with Gasteiger partial charge in [0.15, 0.2) is 5.69 Å². The first-order chi connectivity index (χ1) is 13.4. The Morgan fingerprint density at radius 1 is 1.32 bits per heavy atom. The molecule has 0 bridgehead atoms. The molecule has 0 aliphatic rings. The Balaban J connectivity index is 2.44. The number of carbonyl (C=O) groups is 1. The molecular weight excluding hydrogens is 367 g/mol. The van der Waals surface area contributed by atoms with E-state index < -0.39 is 17.2 Å². The molecule has 0 saturated carbocycles. The second-order valence-corrected chi connectivity index (χ2v) is 6.01. The molecular formula is C19H23FN4O4. The van der Waals surface area contributed by atoms with Gasteiger partial charge in [-0.2, -0.15) is 0 Å². The highest BCUT2D eigenvalue weighted by Crippen LogP contribution is 2.18. The van der Waals surface area contributed by atoms with Gasteiger partial charge in [-0.25, -0.2) is 9.18 Å². The molecule has 0 atom stereocenters. The fourth-order valence-electron chi connectivity index (χ4n) is 2.63. The number of aromatic nitrogens is 2. The van der Waals surface area contributed by atoms with Crippen molar-refractivity contribution < 1.29 is 13.9 Å². The molecule has 2 rings (SSSR count). The maximum absolute atomic E-state index is 13.0. The van der Waals surface area contributed by atoms with E-state index in [1.807, 2.05) is 6.92 Å². The van der Waals surface area contributed by atoms with Crippen molar-refractivity contribution in [2.24, 2.45) is 0 Å². The van der Waals surface area contributed by atoms with Crippen LogP contribution in [0.4, 0.5) is 15.9 Å². The van der Waals surface area contributed by atoms with E-state index in [1.165, 1.54) is 48.1 Å². The fourth-order valence-corrected chi connectivity index (χ4v) is 2.63. The second kappa shape index (κ2) is 9.65. The molecule has 0 unspecified atom stereocenters. The summed E-state index contributed by atoms with van der Waals surface area (Å²) in [7, 11) is 1.46. The van der Waals surface area contributed by atoms with Gasteiger partial charge in [-0.15, -0.1) is 0 Å². The first kappa shape index (κ1) is 21.1. The van der Waals surface area contributed by atoms with Gasteiger partial charge in [-0.3, -0.25) is 24.0 Å². The number of hydrogen-bond acceptors (Lipinski definition) is 5. The SMILES string of the molecule is CCCn1c(N)c(N(CCOC)C(=O)/C=C/c2ccc(F)cc2)c(=O)[nH]c1=O. The number of anilines is 2. The number of hydrogen-bond donors (Lipinski definition) is 2. The lowest BCUT2D eigenvalue weighted by Gasteiger charge is -2.23. The third-order valence-electron chi connectivity index (χ3n) is 4.00. The van der Waals surface area contributed by atoms with Crippen LogP contribution in [0.3, 0.4) is 0 Å². The molecule has 0 aliphatic heterocycles. The number of rotatable bonds is 8. The molecule has 9 heteroatoms. The molecule has 1 aromatic heterocycles. The van der Waals surface area contributed by atoms with Crippen LogP contribution in [0.1, 0.15) is 18.9 Å². The number of amides is 1. The Kier molecular flexibility index (Phi) is 7.28. The quantitative estimate of drug-likeness (QED) is 0.662. The number of carbonyl (C=O) groups excluding carboxylic acids is 1. The molecule has 0 saturated heterocycles. The van der Waals surface area contributed by atoms with Gasteiger partial charge in [-0.1, -0.05) is 19.1 Å². The minimum Gasteiger partial charge on any atom is -0.383 e. The minimum absolute atomic E-state index is 0.0562. The summed E-state index contributed by atoms with van der Waals surface area (Å²) in [4.78, 5) is 40.5. The van der Waals surface area contributed by atoms with Gasteiger partial charge >= 0.3 is 5.69 Å². The lowest BCUT2D eigenvalue weighted by atomic mass is 10.2. The van der Waals surface area contributed by atoms with E-state index in [0.29, 0.717) is 18.5 Å². The van der Waals surface area contributed by atoms with Gasteiger partial charge in [0.1, 0.15) is 11.6 Å². The third kappa shape index (κ3) is 4.95. The van der Waals surface area contributed by atoms with Crippen molar-refractivity contribution in [2.75, 3.05) is 30.9 Å². The number of nitrogens with zero attached hydrogens (tertiary/aromatic N) is 2. The van der Waals surface area contributed by atoms with Crippen LogP contribution in [0.25, 0.3) is 6.08 Å². The highest BCUT2D eigenvalue weighted by molar-refractivity contribution is 6.05. The fraction of sp³-hybridized carbons (Fsp3) is 0.316. The summed E-state index contributed by atoms with van der Waals surface area (Å²) < 4.78 is 19.2. The summed E-state index contributed by atoms with van der Waals surface area (Å²) in [6, 6.07) is 5.58. The zero-order valence-corrected chi connectivity index (χ0v) is 15.8. The van der Waals surface area contributed by atoms with Gasteiger partial charge in [0, 0.05) is 26.3 Å². The molecule has 0 fully saturated rings. The van der Waals surface area contributed by atoms with Crippen LogP contribution < -0.4 is 21.9 Å². The van der Waals surface area contributed by atoms with Crippen molar-refractivity contribution in [3.8, 4) is 0 Å². The van der Waals surface area contributed by atoms with Gasteiger partial charge in [-0.05, 0) is 30.2 Å². The lowest BCUT2D eigenvalue weighted by Crippen LogP contribution is -2.42. The van der Waals surface area contributed by atoms with Crippen molar-refractivity contribution in [2.45, 2.75) is 19.9 Å². The van der Waals surface area contributed by atoms with E-state index in [9.17, 15) is 18.8 Å². The van der Waals surface area contributed by atoms with E-state index in [0.717, 1.165) is 4.90 Å². The summed E-state index contributed by atoms with van der Waals surface area (Å²) in [6.07, 6.45) is 3.36. The summed E-state index contributed by atoms with van der Waals surface area (Å²) >= 11 is 0. The first-order valence-electron chi connectivity index (χ1n) is 8.75. The molecule has 2 aromatic rings. The highest BCUT2D eigenvalue weighted by Gasteiger charge is 2.22. The Morgan fingerprint density at radius 3 is 2.61 bits per heavy atom. The van der Waals surface area contributed by atoms with E-state index >= 15 is 0 Å². The average molecular weight is 390 g/mol. The topological polar surface area (TPSA) is 110 Å². The predicted octanol–water partition coefficient (Wildman–Crippen LogP) is 1.36. The number of H-pyrrole nitrogens is 1. The smallest absolute Gasteiger partial charge is 0.330 e. The number of halogens is 1. The number of ether oxygens (including phenoxy) is 1. The zero-order chi connectivity index (χ0) is 20.7. The largest absolute Gasteiger partial charge is 0.383 e. The van der Waals surface area contributed by atoms with Crippen LogP contribution in [-0.2, 0) is 16.1 Å². The third-order valence-corrected chi connectivity index (χ3v) is 4.00. The van der Waals surface area contributed by atoms with Crippen LogP contribution in [0.2, 0.25) is 0 Å². The van der Waals surface area contributed by atoms with Crippen molar-refractivity contribution in [3.05, 3.63) is 62.6 Å². The molecule has 150 valence electrons. The number of benzene rings is 1.